The Morgan fingerprint density at radius 3 is 2.31 bits per heavy atom. The normalized spacial score (nSPS) is 11.2. The zero-order chi connectivity index (χ0) is 19.4. The van der Waals surface area contributed by atoms with E-state index in [1.54, 1.807) is 37.2 Å². The maximum Gasteiger partial charge on any atom is 0.239 e. The Hall–Kier alpha value is -1.89. The maximum absolute atomic E-state index is 12.2. The van der Waals surface area contributed by atoms with E-state index in [1.165, 1.54) is 6.07 Å². The summed E-state index contributed by atoms with van der Waals surface area (Å²) in [6.45, 7) is 3.53. The third kappa shape index (κ3) is 5.06. The van der Waals surface area contributed by atoms with Crippen LogP contribution in [0, 0.1) is 5.92 Å². The molecule has 2 aromatic rings. The first-order chi connectivity index (χ1) is 12.2. The average Bonchev–Trinajstić information content (AvgIpc) is 2.56. The second-order valence-electron chi connectivity index (χ2n) is 5.95. The minimum absolute atomic E-state index is 0.0154. The molecule has 0 fully saturated rings. The van der Waals surface area contributed by atoms with Crippen LogP contribution in [0.3, 0.4) is 0 Å². The number of halogens is 3. The molecule has 0 aliphatic heterocycles. The van der Waals surface area contributed by atoms with Crippen molar-refractivity contribution in [1.82, 2.24) is 15.1 Å². The first-order valence-corrected chi connectivity index (χ1v) is 8.77. The highest BCUT2D eigenvalue weighted by atomic mass is 35.5. The number of Topliss-reactive ketones (excluding diaryl/α,β-unsaturated/α-hetero) is 1. The minimum Gasteiger partial charge on any atom is -0.434 e. The van der Waals surface area contributed by atoms with Crippen LogP contribution < -0.4 is 4.74 Å². The number of nitrogens with zero attached hydrogens (tertiary/aromatic N) is 4. The number of aromatic nitrogens is 2. The molecule has 138 valence electrons. The lowest BCUT2D eigenvalue weighted by atomic mass is 10.0. The Balaban J connectivity index is 2.34. The molecule has 0 unspecified atom stereocenters. The number of rotatable bonds is 6. The molecule has 0 radical (unpaired) electrons. The van der Waals surface area contributed by atoms with Crippen LogP contribution >= 0.6 is 34.8 Å². The van der Waals surface area contributed by atoms with Gasteiger partial charge >= 0.3 is 0 Å². The number of hydrogen-bond donors (Lipinski definition) is 0. The van der Waals surface area contributed by atoms with Crippen molar-refractivity contribution >= 4 is 52.6 Å². The number of ketones is 1. The minimum atomic E-state index is -0.245. The summed E-state index contributed by atoms with van der Waals surface area (Å²) in [4.78, 5) is 18.2. The Labute approximate surface area is 166 Å². The van der Waals surface area contributed by atoms with Crippen LogP contribution in [0.15, 0.2) is 23.2 Å². The van der Waals surface area contributed by atoms with E-state index in [0.29, 0.717) is 5.69 Å². The first kappa shape index (κ1) is 20.4. The predicted molar refractivity (Wildman–Crippen MR) is 105 cm³/mol. The molecule has 0 spiro atoms. The van der Waals surface area contributed by atoms with Gasteiger partial charge in [-0.3, -0.25) is 4.79 Å². The molecule has 26 heavy (non-hydrogen) atoms. The van der Waals surface area contributed by atoms with Gasteiger partial charge < -0.3 is 9.64 Å². The molecule has 6 nitrogen and oxygen atoms in total. The van der Waals surface area contributed by atoms with Gasteiger partial charge in [0.25, 0.3) is 0 Å². The molecule has 0 saturated carbocycles. The smallest absolute Gasteiger partial charge is 0.239 e. The molecular weight excluding hydrogens is 399 g/mol. The first-order valence-electron chi connectivity index (χ1n) is 7.64. The summed E-state index contributed by atoms with van der Waals surface area (Å²) < 4.78 is 5.64. The number of hydrogen-bond acceptors (Lipinski definition) is 5. The van der Waals surface area contributed by atoms with Gasteiger partial charge in [-0.15, -0.1) is 10.2 Å². The molecule has 0 atom stereocenters. The number of ether oxygens (including phenoxy) is 1. The molecule has 1 heterocycles. The summed E-state index contributed by atoms with van der Waals surface area (Å²) >= 11 is 18.5. The summed E-state index contributed by atoms with van der Waals surface area (Å²) in [7, 11) is 3.69. The highest BCUT2D eigenvalue weighted by Crippen LogP contribution is 2.39. The van der Waals surface area contributed by atoms with E-state index >= 15 is 0 Å². The summed E-state index contributed by atoms with van der Waals surface area (Å²) in [5, 5.41) is 8.10. The van der Waals surface area contributed by atoms with Gasteiger partial charge in [-0.25, -0.2) is 4.99 Å². The number of benzene rings is 1. The van der Waals surface area contributed by atoms with E-state index in [2.05, 4.69) is 15.2 Å². The summed E-state index contributed by atoms with van der Waals surface area (Å²) in [6.07, 6.45) is 1.62. The summed E-state index contributed by atoms with van der Waals surface area (Å²) in [5.74, 6) is -0.158. The van der Waals surface area contributed by atoms with Crippen molar-refractivity contribution < 1.29 is 9.53 Å². The van der Waals surface area contributed by atoms with Crippen LogP contribution in [0.1, 0.15) is 24.2 Å². The largest absolute Gasteiger partial charge is 0.434 e. The molecule has 0 N–H and O–H groups in total. The van der Waals surface area contributed by atoms with Crippen LogP contribution in [0.25, 0.3) is 0 Å². The van der Waals surface area contributed by atoms with Gasteiger partial charge in [-0.05, 0) is 12.1 Å². The van der Waals surface area contributed by atoms with E-state index in [9.17, 15) is 4.79 Å². The van der Waals surface area contributed by atoms with E-state index in [0.717, 1.165) is 0 Å². The molecule has 2 rings (SSSR count). The van der Waals surface area contributed by atoms with Crippen molar-refractivity contribution in [2.24, 2.45) is 10.9 Å². The van der Waals surface area contributed by atoms with Crippen molar-refractivity contribution in [3.63, 3.8) is 0 Å². The zero-order valence-corrected chi connectivity index (χ0v) is 16.9. The van der Waals surface area contributed by atoms with Gasteiger partial charge in [0.05, 0.1) is 27.6 Å². The number of aliphatic imine (C=N–C) groups is 1. The van der Waals surface area contributed by atoms with E-state index < -0.39 is 0 Å². The summed E-state index contributed by atoms with van der Waals surface area (Å²) in [6, 6.07) is 4.63. The molecule has 0 amide bonds. The van der Waals surface area contributed by atoms with E-state index in [-0.39, 0.29) is 44.1 Å². The highest BCUT2D eigenvalue weighted by Gasteiger charge is 2.19. The second kappa shape index (κ2) is 8.66. The van der Waals surface area contributed by atoms with Crippen molar-refractivity contribution in [3.8, 4) is 11.6 Å². The van der Waals surface area contributed by atoms with Crippen LogP contribution in [-0.4, -0.2) is 41.3 Å². The SMILES string of the molecule is CC(C)C(=O)c1cc(Oc2c(Cl)cc(N=CN(C)C)cc2Cl)nnc1Cl. The van der Waals surface area contributed by atoms with Crippen molar-refractivity contribution in [1.29, 1.82) is 0 Å². The van der Waals surface area contributed by atoms with Crippen LogP contribution in [-0.2, 0) is 0 Å². The van der Waals surface area contributed by atoms with Crippen LogP contribution in [0.5, 0.6) is 11.6 Å². The number of carbonyl (C=O) groups excluding carboxylic acids is 1. The Kier molecular flexibility index (Phi) is 6.81. The lowest BCUT2D eigenvalue weighted by Gasteiger charge is -2.11. The molecule has 1 aromatic carbocycles. The fraction of sp³-hybridized carbons (Fsp3) is 0.294. The van der Waals surface area contributed by atoms with Crippen molar-refractivity contribution in [2.45, 2.75) is 13.8 Å². The van der Waals surface area contributed by atoms with Gasteiger partial charge in [-0.2, -0.15) is 0 Å². The van der Waals surface area contributed by atoms with Gasteiger partial charge in [0.1, 0.15) is 0 Å². The van der Waals surface area contributed by atoms with Crippen molar-refractivity contribution in [2.75, 3.05) is 14.1 Å². The maximum atomic E-state index is 12.2. The van der Waals surface area contributed by atoms with Crippen LogP contribution in [0.2, 0.25) is 15.2 Å². The van der Waals surface area contributed by atoms with E-state index in [4.69, 9.17) is 39.5 Å². The monoisotopic (exact) mass is 414 g/mol. The van der Waals surface area contributed by atoms with Gasteiger partial charge in [0.15, 0.2) is 16.7 Å². The van der Waals surface area contributed by atoms with Gasteiger partial charge in [0, 0.05) is 26.1 Å². The lowest BCUT2D eigenvalue weighted by Crippen LogP contribution is -2.10. The predicted octanol–water partition coefficient (Wildman–Crippen LogP) is 5.29. The molecule has 1 aromatic heterocycles. The third-order valence-corrected chi connectivity index (χ3v) is 3.98. The fourth-order valence-electron chi connectivity index (χ4n) is 1.90. The lowest BCUT2D eigenvalue weighted by molar-refractivity contribution is 0.0938. The Morgan fingerprint density at radius 2 is 1.77 bits per heavy atom. The van der Waals surface area contributed by atoms with E-state index in [1.807, 2.05) is 14.1 Å². The average molecular weight is 416 g/mol. The molecule has 0 aliphatic carbocycles. The quantitative estimate of drug-likeness (QED) is 0.364. The standard InChI is InChI=1S/C17H17Cl3N4O2/c1-9(2)15(25)11-7-14(22-23-17(11)20)26-16-12(18)5-10(6-13(16)19)21-8-24(3)4/h5-9H,1-4H3. The number of carbonyl (C=O) groups is 1. The van der Waals surface area contributed by atoms with Gasteiger partial charge in [-0.1, -0.05) is 48.7 Å². The topological polar surface area (TPSA) is 67.7 Å². The van der Waals surface area contributed by atoms with Crippen molar-refractivity contribution in [3.05, 3.63) is 39.0 Å². The molecular formula is C17H17Cl3N4O2. The Bertz CT molecular complexity index is 831. The fourth-order valence-corrected chi connectivity index (χ4v) is 2.64. The third-order valence-electron chi connectivity index (χ3n) is 3.14. The molecule has 0 saturated heterocycles. The summed E-state index contributed by atoms with van der Waals surface area (Å²) in [5.41, 5.74) is 0.796. The van der Waals surface area contributed by atoms with Gasteiger partial charge in [0.2, 0.25) is 5.88 Å². The molecule has 9 heteroatoms. The highest BCUT2D eigenvalue weighted by molar-refractivity contribution is 6.37. The molecule has 0 bridgehead atoms. The second-order valence-corrected chi connectivity index (χ2v) is 7.13. The zero-order valence-electron chi connectivity index (χ0n) is 14.6. The van der Waals surface area contributed by atoms with Crippen LogP contribution in [0.4, 0.5) is 5.69 Å². The molecule has 0 aliphatic rings. The Morgan fingerprint density at radius 1 is 1.15 bits per heavy atom.